The van der Waals surface area contributed by atoms with Gasteiger partial charge in [0.15, 0.2) is 5.71 Å². The largest absolute Gasteiger partial charge is 0.432 e. The Bertz CT molecular complexity index is 582. The average molecular weight is 320 g/mol. The predicted molar refractivity (Wildman–Crippen MR) is 71.5 cm³/mol. The third-order valence-corrected chi connectivity index (χ3v) is 4.60. The minimum absolute atomic E-state index is 0.433. The van der Waals surface area contributed by atoms with Crippen molar-refractivity contribution in [2.75, 3.05) is 7.05 Å². The number of nitrogens with zero attached hydrogens (tertiary/aromatic N) is 3. The first-order chi connectivity index (χ1) is 9.34. The molecule has 1 aliphatic heterocycles. The zero-order valence-corrected chi connectivity index (χ0v) is 11.8. The van der Waals surface area contributed by atoms with E-state index in [0.29, 0.717) is 9.92 Å². The molecule has 1 aromatic rings. The number of alkyl halides is 3. The standard InChI is InChI=1S/C12H9ClF3N3S/c1-19-11(20-9-5-3-2-4-8(9)13)7(6-17)10(18-19)12(14,15)16/h2-5,7,11H,1H3. The van der Waals surface area contributed by atoms with E-state index < -0.39 is 23.2 Å². The lowest BCUT2D eigenvalue weighted by molar-refractivity contribution is -0.0612. The Labute approximate surface area is 123 Å². The second kappa shape index (κ2) is 5.54. The molecule has 0 bridgehead atoms. The van der Waals surface area contributed by atoms with Crippen molar-refractivity contribution >= 4 is 29.1 Å². The van der Waals surface area contributed by atoms with E-state index in [2.05, 4.69) is 5.10 Å². The Morgan fingerprint density at radius 3 is 2.60 bits per heavy atom. The van der Waals surface area contributed by atoms with Crippen LogP contribution >= 0.6 is 23.4 Å². The fourth-order valence-electron chi connectivity index (χ4n) is 1.81. The van der Waals surface area contributed by atoms with Gasteiger partial charge in [-0.3, -0.25) is 5.01 Å². The molecule has 0 aliphatic carbocycles. The lowest BCUT2D eigenvalue weighted by Crippen LogP contribution is -2.33. The summed E-state index contributed by atoms with van der Waals surface area (Å²) in [6.45, 7) is 0. The van der Waals surface area contributed by atoms with Gasteiger partial charge in [0.05, 0.1) is 11.1 Å². The molecule has 2 atom stereocenters. The van der Waals surface area contributed by atoms with E-state index in [4.69, 9.17) is 16.9 Å². The molecule has 0 N–H and O–H groups in total. The quantitative estimate of drug-likeness (QED) is 0.833. The van der Waals surface area contributed by atoms with Crippen LogP contribution in [-0.2, 0) is 0 Å². The highest BCUT2D eigenvalue weighted by Crippen LogP contribution is 2.40. The fraction of sp³-hybridized carbons (Fsp3) is 0.333. The summed E-state index contributed by atoms with van der Waals surface area (Å²) in [5.74, 6) is -1.35. The lowest BCUT2D eigenvalue weighted by Gasteiger charge is -2.21. The number of nitriles is 1. The molecule has 3 nitrogen and oxygen atoms in total. The van der Waals surface area contributed by atoms with Crippen LogP contribution in [0.5, 0.6) is 0 Å². The Hall–Kier alpha value is -1.39. The first kappa shape index (κ1) is 15.0. The van der Waals surface area contributed by atoms with Gasteiger partial charge < -0.3 is 0 Å². The van der Waals surface area contributed by atoms with Gasteiger partial charge in [0.1, 0.15) is 11.3 Å². The lowest BCUT2D eigenvalue weighted by atomic mass is 10.1. The maximum absolute atomic E-state index is 12.8. The Balaban J connectivity index is 2.27. The second-order valence-electron chi connectivity index (χ2n) is 4.10. The third-order valence-electron chi connectivity index (χ3n) is 2.73. The van der Waals surface area contributed by atoms with E-state index in [1.165, 1.54) is 7.05 Å². The van der Waals surface area contributed by atoms with Crippen molar-refractivity contribution < 1.29 is 13.2 Å². The average Bonchev–Trinajstić information content (AvgIpc) is 2.69. The maximum Gasteiger partial charge on any atom is 0.432 e. The van der Waals surface area contributed by atoms with Gasteiger partial charge >= 0.3 is 6.18 Å². The van der Waals surface area contributed by atoms with Crippen molar-refractivity contribution in [1.82, 2.24) is 5.01 Å². The number of rotatable bonds is 2. The van der Waals surface area contributed by atoms with E-state index >= 15 is 0 Å². The summed E-state index contributed by atoms with van der Waals surface area (Å²) in [5, 5.41) is 13.3. The normalized spacial score (nSPS) is 22.6. The molecule has 0 saturated heterocycles. The van der Waals surface area contributed by atoms with Crippen molar-refractivity contribution in [2.45, 2.75) is 16.4 Å². The number of hydrogen-bond donors (Lipinski definition) is 0. The second-order valence-corrected chi connectivity index (χ2v) is 5.67. The summed E-state index contributed by atoms with van der Waals surface area (Å²) >= 11 is 7.08. The van der Waals surface area contributed by atoms with Crippen molar-refractivity contribution in [3.63, 3.8) is 0 Å². The molecular weight excluding hydrogens is 311 g/mol. The Morgan fingerprint density at radius 1 is 1.40 bits per heavy atom. The summed E-state index contributed by atoms with van der Waals surface area (Å²) in [5.41, 5.74) is -1.06. The van der Waals surface area contributed by atoms with Crippen molar-refractivity contribution in [1.29, 1.82) is 5.26 Å². The summed E-state index contributed by atoms with van der Waals surface area (Å²) in [6, 6.07) is 8.48. The van der Waals surface area contributed by atoms with Gasteiger partial charge in [-0.2, -0.15) is 23.5 Å². The van der Waals surface area contributed by atoms with Gasteiger partial charge in [-0.1, -0.05) is 35.5 Å². The van der Waals surface area contributed by atoms with Crippen LogP contribution in [0.2, 0.25) is 5.02 Å². The molecule has 8 heteroatoms. The number of thioether (sulfide) groups is 1. The van der Waals surface area contributed by atoms with E-state index in [9.17, 15) is 13.2 Å². The monoisotopic (exact) mass is 319 g/mol. The predicted octanol–water partition coefficient (Wildman–Crippen LogP) is 3.76. The molecule has 2 rings (SSSR count). The van der Waals surface area contributed by atoms with Crippen LogP contribution in [0.25, 0.3) is 0 Å². The fourth-order valence-corrected chi connectivity index (χ4v) is 3.21. The summed E-state index contributed by atoms with van der Waals surface area (Å²) in [7, 11) is 1.41. The van der Waals surface area contributed by atoms with Crippen LogP contribution in [-0.4, -0.2) is 29.3 Å². The molecule has 1 heterocycles. The van der Waals surface area contributed by atoms with Crippen LogP contribution < -0.4 is 0 Å². The van der Waals surface area contributed by atoms with Crippen molar-refractivity contribution in [3.8, 4) is 6.07 Å². The minimum Gasteiger partial charge on any atom is -0.285 e. The molecule has 0 spiro atoms. The number of hydrazone groups is 1. The van der Waals surface area contributed by atoms with Gasteiger partial charge in [-0.15, -0.1) is 0 Å². The van der Waals surface area contributed by atoms with E-state index in [-0.39, 0.29) is 0 Å². The molecule has 0 amide bonds. The molecule has 1 aromatic carbocycles. The van der Waals surface area contributed by atoms with Crippen LogP contribution in [0.3, 0.4) is 0 Å². The highest BCUT2D eigenvalue weighted by atomic mass is 35.5. The van der Waals surface area contributed by atoms with Gasteiger partial charge in [0.25, 0.3) is 0 Å². The van der Waals surface area contributed by atoms with Crippen LogP contribution in [0, 0.1) is 17.2 Å². The van der Waals surface area contributed by atoms with Gasteiger partial charge in [-0.25, -0.2) is 0 Å². The van der Waals surface area contributed by atoms with Gasteiger partial charge in [0, 0.05) is 11.9 Å². The van der Waals surface area contributed by atoms with E-state index in [1.807, 2.05) is 0 Å². The number of halogens is 4. The first-order valence-electron chi connectivity index (χ1n) is 5.54. The van der Waals surface area contributed by atoms with Gasteiger partial charge in [-0.05, 0) is 12.1 Å². The summed E-state index contributed by atoms with van der Waals surface area (Å²) in [4.78, 5) is 0.616. The molecule has 0 saturated carbocycles. The highest BCUT2D eigenvalue weighted by Gasteiger charge is 2.50. The Kier molecular flexibility index (Phi) is 4.16. The topological polar surface area (TPSA) is 39.4 Å². The molecule has 0 fully saturated rings. The molecule has 2 unspecified atom stereocenters. The summed E-state index contributed by atoms with van der Waals surface area (Å²) < 4.78 is 38.5. The number of benzene rings is 1. The van der Waals surface area contributed by atoms with Crippen molar-refractivity contribution in [2.24, 2.45) is 11.0 Å². The molecule has 0 radical (unpaired) electrons. The van der Waals surface area contributed by atoms with Crippen LogP contribution in [0.15, 0.2) is 34.3 Å². The maximum atomic E-state index is 12.8. The molecule has 0 aromatic heterocycles. The minimum atomic E-state index is -4.61. The molecular formula is C12H9ClF3N3S. The zero-order valence-electron chi connectivity index (χ0n) is 10.2. The highest BCUT2D eigenvalue weighted by molar-refractivity contribution is 8.00. The van der Waals surface area contributed by atoms with Crippen molar-refractivity contribution in [3.05, 3.63) is 29.3 Å². The third kappa shape index (κ3) is 2.86. The molecule has 106 valence electrons. The SMILES string of the molecule is CN1N=C(C(F)(F)F)C(C#N)C1Sc1ccccc1Cl. The van der Waals surface area contributed by atoms with Crippen LogP contribution in [0.4, 0.5) is 13.2 Å². The molecule has 1 aliphatic rings. The molecule has 20 heavy (non-hydrogen) atoms. The first-order valence-corrected chi connectivity index (χ1v) is 6.79. The summed E-state index contributed by atoms with van der Waals surface area (Å²) in [6.07, 6.45) is -4.61. The van der Waals surface area contributed by atoms with Crippen LogP contribution in [0.1, 0.15) is 0 Å². The number of hydrogen-bond acceptors (Lipinski definition) is 4. The van der Waals surface area contributed by atoms with Gasteiger partial charge in [0.2, 0.25) is 0 Å². The zero-order chi connectivity index (χ0) is 14.9. The smallest absolute Gasteiger partial charge is 0.285 e. The van der Waals surface area contributed by atoms with E-state index in [1.54, 1.807) is 30.3 Å². The Morgan fingerprint density at radius 2 is 2.05 bits per heavy atom. The van der Waals surface area contributed by atoms with E-state index in [0.717, 1.165) is 16.8 Å².